The van der Waals surface area contributed by atoms with Crippen LogP contribution in [0, 0.1) is 17.0 Å². The summed E-state index contributed by atoms with van der Waals surface area (Å²) in [6, 6.07) is 12.2. The third kappa shape index (κ3) is 4.42. The van der Waals surface area contributed by atoms with Crippen molar-refractivity contribution >= 4 is 17.4 Å². The van der Waals surface area contributed by atoms with Crippen LogP contribution in [0.1, 0.15) is 42.9 Å². The Morgan fingerprint density at radius 2 is 2.04 bits per heavy atom. The predicted molar refractivity (Wildman–Crippen MR) is 108 cm³/mol. The van der Waals surface area contributed by atoms with Crippen molar-refractivity contribution in [3.8, 4) is 5.75 Å². The van der Waals surface area contributed by atoms with E-state index in [1.807, 2.05) is 24.0 Å². The Kier molecular flexibility index (Phi) is 6.13. The minimum absolute atomic E-state index is 0.00597. The van der Waals surface area contributed by atoms with Crippen LogP contribution in [0.4, 0.5) is 16.2 Å². The van der Waals surface area contributed by atoms with Crippen molar-refractivity contribution < 1.29 is 14.5 Å². The molecule has 7 heteroatoms. The topological polar surface area (TPSA) is 84.7 Å². The average molecular weight is 383 g/mol. The Morgan fingerprint density at radius 3 is 2.75 bits per heavy atom. The third-order valence-corrected chi connectivity index (χ3v) is 5.08. The van der Waals surface area contributed by atoms with Gasteiger partial charge in [0.25, 0.3) is 5.69 Å². The summed E-state index contributed by atoms with van der Waals surface area (Å²) in [7, 11) is 1.43. The van der Waals surface area contributed by atoms with Crippen LogP contribution in [-0.4, -0.2) is 29.5 Å². The van der Waals surface area contributed by atoms with Crippen molar-refractivity contribution in [1.82, 2.24) is 4.90 Å². The standard InChI is InChI=1S/C21H25N3O4/c1-15-7-6-8-16(13-15)19-9-4-3-5-12-23(19)21(25)22-18-11-10-17(24(26)27)14-20(18)28-2/h6-8,10-11,13-14,19H,3-5,9,12H2,1-2H3,(H,22,25)/t19-/m1/s1. The number of likely N-dealkylation sites (tertiary alicyclic amines) is 1. The number of carbonyl (C=O) groups is 1. The fourth-order valence-corrected chi connectivity index (χ4v) is 3.66. The first kappa shape index (κ1) is 19.7. The lowest BCUT2D eigenvalue weighted by Gasteiger charge is -2.31. The van der Waals surface area contributed by atoms with Gasteiger partial charge in [-0.15, -0.1) is 0 Å². The van der Waals surface area contributed by atoms with E-state index < -0.39 is 4.92 Å². The van der Waals surface area contributed by atoms with Gasteiger partial charge in [0.1, 0.15) is 5.75 Å². The lowest BCUT2D eigenvalue weighted by Crippen LogP contribution is -2.38. The molecule has 148 valence electrons. The molecule has 1 aliphatic heterocycles. The van der Waals surface area contributed by atoms with Gasteiger partial charge in [-0.05, 0) is 31.4 Å². The average Bonchev–Trinajstić information content (AvgIpc) is 2.94. The summed E-state index contributed by atoms with van der Waals surface area (Å²) in [5.41, 5.74) is 2.64. The van der Waals surface area contributed by atoms with Crippen LogP contribution >= 0.6 is 0 Å². The van der Waals surface area contributed by atoms with Crippen molar-refractivity contribution in [3.05, 3.63) is 63.7 Å². The third-order valence-electron chi connectivity index (χ3n) is 5.08. The number of nitrogens with one attached hydrogen (secondary N) is 1. The molecule has 0 saturated carbocycles. The molecule has 2 aromatic carbocycles. The van der Waals surface area contributed by atoms with E-state index in [0.717, 1.165) is 31.2 Å². The van der Waals surface area contributed by atoms with E-state index in [2.05, 4.69) is 17.4 Å². The lowest BCUT2D eigenvalue weighted by atomic mass is 9.99. The number of urea groups is 1. The minimum atomic E-state index is -0.489. The van der Waals surface area contributed by atoms with Crippen molar-refractivity contribution in [2.24, 2.45) is 0 Å². The molecule has 1 heterocycles. The number of aryl methyl sites for hydroxylation is 1. The van der Waals surface area contributed by atoms with Crippen LogP contribution in [-0.2, 0) is 0 Å². The summed E-state index contributed by atoms with van der Waals surface area (Å²) < 4.78 is 5.24. The van der Waals surface area contributed by atoms with Gasteiger partial charge in [-0.25, -0.2) is 4.79 Å². The maximum Gasteiger partial charge on any atom is 0.322 e. The highest BCUT2D eigenvalue weighted by molar-refractivity contribution is 5.91. The van der Waals surface area contributed by atoms with E-state index in [-0.39, 0.29) is 23.5 Å². The Morgan fingerprint density at radius 1 is 1.21 bits per heavy atom. The maximum atomic E-state index is 13.1. The molecule has 2 amide bonds. The smallest absolute Gasteiger partial charge is 0.322 e. The second-order valence-corrected chi connectivity index (χ2v) is 7.04. The number of nitrogens with zero attached hydrogens (tertiary/aromatic N) is 2. The fraction of sp³-hybridized carbons (Fsp3) is 0.381. The lowest BCUT2D eigenvalue weighted by molar-refractivity contribution is -0.384. The highest BCUT2D eigenvalue weighted by Crippen LogP contribution is 2.33. The molecule has 0 aromatic heterocycles. The first-order chi connectivity index (χ1) is 13.5. The molecule has 7 nitrogen and oxygen atoms in total. The van der Waals surface area contributed by atoms with Crippen molar-refractivity contribution in [1.29, 1.82) is 0 Å². The highest BCUT2D eigenvalue weighted by atomic mass is 16.6. The van der Waals surface area contributed by atoms with Crippen LogP contribution in [0.25, 0.3) is 0 Å². The van der Waals surface area contributed by atoms with Crippen LogP contribution in [0.15, 0.2) is 42.5 Å². The summed E-state index contributed by atoms with van der Waals surface area (Å²) in [6.45, 7) is 2.71. The largest absolute Gasteiger partial charge is 0.494 e. The summed E-state index contributed by atoms with van der Waals surface area (Å²) >= 11 is 0. The predicted octanol–water partition coefficient (Wildman–Crippen LogP) is 5.06. The van der Waals surface area contributed by atoms with Crippen molar-refractivity contribution in [2.75, 3.05) is 19.0 Å². The first-order valence-corrected chi connectivity index (χ1v) is 9.46. The number of rotatable bonds is 4. The Labute approximate surface area is 164 Å². The van der Waals surface area contributed by atoms with Crippen LogP contribution in [0.5, 0.6) is 5.75 Å². The monoisotopic (exact) mass is 383 g/mol. The number of benzene rings is 2. The second kappa shape index (κ2) is 8.73. The first-order valence-electron chi connectivity index (χ1n) is 9.46. The van der Waals surface area contributed by atoms with E-state index in [4.69, 9.17) is 4.74 Å². The molecule has 3 rings (SSSR count). The number of anilines is 1. The Balaban J connectivity index is 1.85. The van der Waals surface area contributed by atoms with Gasteiger partial charge in [0.15, 0.2) is 0 Å². The number of amides is 2. The zero-order valence-electron chi connectivity index (χ0n) is 16.2. The molecule has 0 bridgehead atoms. The van der Waals surface area contributed by atoms with Gasteiger partial charge in [-0.1, -0.05) is 42.7 Å². The van der Waals surface area contributed by atoms with Gasteiger partial charge in [-0.3, -0.25) is 10.1 Å². The highest BCUT2D eigenvalue weighted by Gasteiger charge is 2.27. The molecule has 1 N–H and O–H groups in total. The maximum absolute atomic E-state index is 13.1. The van der Waals surface area contributed by atoms with Gasteiger partial charge in [0.2, 0.25) is 0 Å². The molecular formula is C21H25N3O4. The quantitative estimate of drug-likeness (QED) is 0.591. The molecule has 0 radical (unpaired) electrons. The van der Waals surface area contributed by atoms with Gasteiger partial charge < -0.3 is 15.0 Å². The van der Waals surface area contributed by atoms with Crippen molar-refractivity contribution in [2.45, 2.75) is 38.6 Å². The molecule has 2 aromatic rings. The molecule has 1 fully saturated rings. The summed E-state index contributed by atoms with van der Waals surface area (Å²) in [5.74, 6) is 0.268. The Hall–Kier alpha value is -3.09. The number of hydrogen-bond acceptors (Lipinski definition) is 4. The zero-order valence-corrected chi connectivity index (χ0v) is 16.2. The molecular weight excluding hydrogens is 358 g/mol. The van der Waals surface area contributed by atoms with E-state index in [1.54, 1.807) is 0 Å². The second-order valence-electron chi connectivity index (χ2n) is 7.04. The molecule has 0 spiro atoms. The normalized spacial score (nSPS) is 16.9. The summed E-state index contributed by atoms with van der Waals surface area (Å²) in [4.78, 5) is 25.4. The van der Waals surface area contributed by atoms with Crippen LogP contribution in [0.2, 0.25) is 0 Å². The summed E-state index contributed by atoms with van der Waals surface area (Å²) in [6.07, 6.45) is 4.03. The minimum Gasteiger partial charge on any atom is -0.494 e. The van der Waals surface area contributed by atoms with Crippen LogP contribution in [0.3, 0.4) is 0 Å². The van der Waals surface area contributed by atoms with E-state index in [1.165, 1.54) is 30.9 Å². The molecule has 1 saturated heterocycles. The van der Waals surface area contributed by atoms with E-state index in [0.29, 0.717) is 12.2 Å². The fourth-order valence-electron chi connectivity index (χ4n) is 3.66. The van der Waals surface area contributed by atoms with Gasteiger partial charge in [-0.2, -0.15) is 0 Å². The molecule has 1 atom stereocenters. The number of methoxy groups -OCH3 is 1. The SMILES string of the molecule is COc1cc([N+](=O)[O-])ccc1NC(=O)N1CCCCC[C@@H]1c1cccc(C)c1. The zero-order chi connectivity index (χ0) is 20.1. The molecule has 28 heavy (non-hydrogen) atoms. The number of nitro groups is 1. The Bertz CT molecular complexity index is 868. The number of hydrogen-bond donors (Lipinski definition) is 1. The number of carbonyl (C=O) groups excluding carboxylic acids is 1. The van der Waals surface area contributed by atoms with Gasteiger partial charge in [0, 0.05) is 12.6 Å². The van der Waals surface area contributed by atoms with Gasteiger partial charge in [0.05, 0.1) is 29.8 Å². The number of nitro benzene ring substituents is 1. The molecule has 0 unspecified atom stereocenters. The molecule has 0 aliphatic carbocycles. The van der Waals surface area contributed by atoms with Crippen LogP contribution < -0.4 is 10.1 Å². The number of non-ortho nitro benzene ring substituents is 1. The van der Waals surface area contributed by atoms with Crippen molar-refractivity contribution in [3.63, 3.8) is 0 Å². The van der Waals surface area contributed by atoms with Gasteiger partial charge >= 0.3 is 6.03 Å². The molecule has 1 aliphatic rings. The summed E-state index contributed by atoms with van der Waals surface area (Å²) in [5, 5.41) is 13.8. The van der Waals surface area contributed by atoms with E-state index in [9.17, 15) is 14.9 Å². The van der Waals surface area contributed by atoms with E-state index >= 15 is 0 Å². The number of ether oxygens (including phenoxy) is 1.